The van der Waals surface area contributed by atoms with Crippen LogP contribution in [0.3, 0.4) is 0 Å². The molecule has 4 unspecified atom stereocenters. The van der Waals surface area contributed by atoms with Gasteiger partial charge in [0.15, 0.2) is 0 Å². The lowest BCUT2D eigenvalue weighted by molar-refractivity contribution is 0.0560. The third kappa shape index (κ3) is 6.39. The third-order valence-electron chi connectivity index (χ3n) is 3.90. The van der Waals surface area contributed by atoms with E-state index in [-0.39, 0.29) is 0 Å². The van der Waals surface area contributed by atoms with Crippen LogP contribution in [0.15, 0.2) is 0 Å². The van der Waals surface area contributed by atoms with Gasteiger partial charge in [-0.1, -0.05) is 20.8 Å². The molecule has 0 rings (SSSR count). The maximum atomic E-state index is 5.88. The minimum Gasteiger partial charge on any atom is -0.381 e. The van der Waals surface area contributed by atoms with E-state index >= 15 is 0 Å². The first kappa shape index (κ1) is 16.9. The Labute approximate surface area is 108 Å². The van der Waals surface area contributed by atoms with E-state index in [9.17, 15) is 0 Å². The predicted molar refractivity (Wildman–Crippen MR) is 75.4 cm³/mol. The van der Waals surface area contributed by atoms with Gasteiger partial charge in [0.05, 0.1) is 13.2 Å². The van der Waals surface area contributed by atoms with Gasteiger partial charge in [-0.15, -0.1) is 0 Å². The van der Waals surface area contributed by atoms with Crippen LogP contribution in [0.2, 0.25) is 0 Å². The molecule has 104 valence electrons. The van der Waals surface area contributed by atoms with Crippen LogP contribution in [0.25, 0.3) is 0 Å². The van der Waals surface area contributed by atoms with E-state index < -0.39 is 0 Å². The molecule has 0 saturated carbocycles. The second-order valence-corrected chi connectivity index (χ2v) is 5.06. The smallest absolute Gasteiger partial charge is 0.0509 e. The van der Waals surface area contributed by atoms with Crippen LogP contribution in [0.4, 0.5) is 0 Å². The fourth-order valence-corrected chi connectivity index (χ4v) is 2.26. The molecule has 0 aliphatic heterocycles. The van der Waals surface area contributed by atoms with Crippen molar-refractivity contribution in [1.82, 2.24) is 10.6 Å². The monoisotopic (exact) mass is 244 g/mol. The Morgan fingerprint density at radius 3 is 2.00 bits per heavy atom. The highest BCUT2D eigenvalue weighted by Gasteiger charge is 2.16. The van der Waals surface area contributed by atoms with E-state index in [0.717, 1.165) is 19.6 Å². The summed E-state index contributed by atoms with van der Waals surface area (Å²) in [6.45, 7) is 10.6. The molecule has 0 bridgehead atoms. The van der Waals surface area contributed by atoms with Gasteiger partial charge in [-0.3, -0.25) is 0 Å². The molecule has 0 amide bonds. The van der Waals surface area contributed by atoms with Crippen LogP contribution >= 0.6 is 0 Å². The standard InChI is InChI=1S/C14H32N2O/c1-7-13(12(4)15-5)10-17-9-11(3)14(8-2)16-6/h11-16H,7-10H2,1-6H3. The van der Waals surface area contributed by atoms with Crippen molar-refractivity contribution in [3.05, 3.63) is 0 Å². The Kier molecular flexibility index (Phi) is 9.79. The van der Waals surface area contributed by atoms with Gasteiger partial charge in [0.1, 0.15) is 0 Å². The fraction of sp³-hybridized carbons (Fsp3) is 1.00. The molecule has 17 heavy (non-hydrogen) atoms. The van der Waals surface area contributed by atoms with Gasteiger partial charge < -0.3 is 15.4 Å². The van der Waals surface area contributed by atoms with Gasteiger partial charge in [0.25, 0.3) is 0 Å². The molecule has 2 N–H and O–H groups in total. The SMILES string of the molecule is CCC(COCC(C)C(CC)NC)C(C)NC. The molecule has 0 spiro atoms. The molecule has 0 aromatic carbocycles. The van der Waals surface area contributed by atoms with Gasteiger partial charge in [-0.05, 0) is 45.7 Å². The average molecular weight is 244 g/mol. The Hall–Kier alpha value is -0.120. The highest BCUT2D eigenvalue weighted by Crippen LogP contribution is 2.11. The normalized spacial score (nSPS) is 18.7. The van der Waals surface area contributed by atoms with Crippen LogP contribution in [-0.2, 0) is 4.74 Å². The van der Waals surface area contributed by atoms with Crippen LogP contribution < -0.4 is 10.6 Å². The number of nitrogens with one attached hydrogen (secondary N) is 2. The van der Waals surface area contributed by atoms with Crippen LogP contribution in [0.5, 0.6) is 0 Å². The number of hydrogen-bond acceptors (Lipinski definition) is 3. The van der Waals surface area contributed by atoms with E-state index in [2.05, 4.69) is 38.3 Å². The Morgan fingerprint density at radius 1 is 0.941 bits per heavy atom. The zero-order chi connectivity index (χ0) is 13.3. The third-order valence-corrected chi connectivity index (χ3v) is 3.90. The van der Waals surface area contributed by atoms with E-state index in [1.807, 2.05) is 14.1 Å². The lowest BCUT2D eigenvalue weighted by Crippen LogP contribution is -2.36. The summed E-state index contributed by atoms with van der Waals surface area (Å²) in [5.41, 5.74) is 0. The minimum atomic E-state index is 0.529. The topological polar surface area (TPSA) is 33.3 Å². The van der Waals surface area contributed by atoms with E-state index in [1.54, 1.807) is 0 Å². The summed E-state index contributed by atoms with van der Waals surface area (Å²) in [6, 6.07) is 1.10. The molecule has 0 aromatic heterocycles. The van der Waals surface area contributed by atoms with E-state index in [1.165, 1.54) is 6.42 Å². The highest BCUT2D eigenvalue weighted by molar-refractivity contribution is 4.71. The zero-order valence-electron chi connectivity index (χ0n) is 12.5. The summed E-state index contributed by atoms with van der Waals surface area (Å²) in [5.74, 6) is 1.19. The summed E-state index contributed by atoms with van der Waals surface area (Å²) < 4.78 is 5.88. The molecule has 4 atom stereocenters. The number of rotatable bonds is 10. The van der Waals surface area contributed by atoms with Crippen molar-refractivity contribution in [3.63, 3.8) is 0 Å². The first-order valence-corrected chi connectivity index (χ1v) is 7.02. The van der Waals surface area contributed by atoms with Crippen molar-refractivity contribution in [1.29, 1.82) is 0 Å². The predicted octanol–water partition coefficient (Wildman–Crippen LogP) is 2.27. The number of hydrogen-bond donors (Lipinski definition) is 2. The van der Waals surface area contributed by atoms with Gasteiger partial charge >= 0.3 is 0 Å². The molecule has 0 radical (unpaired) electrons. The van der Waals surface area contributed by atoms with Gasteiger partial charge in [-0.25, -0.2) is 0 Å². The maximum absolute atomic E-state index is 5.88. The van der Waals surface area contributed by atoms with Crippen LogP contribution in [-0.4, -0.2) is 39.4 Å². The van der Waals surface area contributed by atoms with Gasteiger partial charge in [0.2, 0.25) is 0 Å². The molecular weight excluding hydrogens is 212 g/mol. The van der Waals surface area contributed by atoms with Crippen molar-refractivity contribution >= 4 is 0 Å². The molecule has 0 aromatic rings. The molecule has 3 heteroatoms. The van der Waals surface area contributed by atoms with Crippen molar-refractivity contribution < 1.29 is 4.74 Å². The first-order valence-electron chi connectivity index (χ1n) is 7.02. The second-order valence-electron chi connectivity index (χ2n) is 5.06. The van der Waals surface area contributed by atoms with E-state index in [0.29, 0.717) is 23.9 Å². The molecule has 0 heterocycles. The minimum absolute atomic E-state index is 0.529. The number of ether oxygens (including phenoxy) is 1. The second kappa shape index (κ2) is 9.86. The van der Waals surface area contributed by atoms with Gasteiger partial charge in [0, 0.05) is 12.1 Å². The summed E-state index contributed by atoms with van der Waals surface area (Å²) in [7, 11) is 4.05. The molecular formula is C14H32N2O. The fourth-order valence-electron chi connectivity index (χ4n) is 2.26. The largest absolute Gasteiger partial charge is 0.381 e. The molecule has 0 aliphatic rings. The molecule has 0 saturated heterocycles. The molecule has 0 aliphatic carbocycles. The zero-order valence-corrected chi connectivity index (χ0v) is 12.5. The van der Waals surface area contributed by atoms with Gasteiger partial charge in [-0.2, -0.15) is 0 Å². The van der Waals surface area contributed by atoms with Crippen LogP contribution in [0, 0.1) is 11.8 Å². The average Bonchev–Trinajstić information content (AvgIpc) is 2.35. The summed E-state index contributed by atoms with van der Waals surface area (Å²) in [4.78, 5) is 0. The first-order chi connectivity index (χ1) is 8.10. The lowest BCUT2D eigenvalue weighted by atomic mass is 9.99. The molecule has 3 nitrogen and oxygen atoms in total. The summed E-state index contributed by atoms with van der Waals surface area (Å²) in [5, 5.41) is 6.65. The van der Waals surface area contributed by atoms with Crippen molar-refractivity contribution in [2.24, 2.45) is 11.8 Å². The lowest BCUT2D eigenvalue weighted by Gasteiger charge is -2.25. The van der Waals surface area contributed by atoms with E-state index in [4.69, 9.17) is 4.74 Å². The summed E-state index contributed by atoms with van der Waals surface area (Å²) >= 11 is 0. The highest BCUT2D eigenvalue weighted by atomic mass is 16.5. The van der Waals surface area contributed by atoms with Crippen molar-refractivity contribution in [2.75, 3.05) is 27.3 Å². The molecule has 0 fully saturated rings. The van der Waals surface area contributed by atoms with Crippen molar-refractivity contribution in [2.45, 2.75) is 52.6 Å². The summed E-state index contributed by atoms with van der Waals surface area (Å²) in [6.07, 6.45) is 2.32. The Balaban J connectivity index is 3.87. The maximum Gasteiger partial charge on any atom is 0.0509 e. The van der Waals surface area contributed by atoms with Crippen molar-refractivity contribution in [3.8, 4) is 0 Å². The Bertz CT molecular complexity index is 172. The Morgan fingerprint density at radius 2 is 1.59 bits per heavy atom. The van der Waals surface area contributed by atoms with Crippen LogP contribution in [0.1, 0.15) is 40.5 Å². The quantitative estimate of drug-likeness (QED) is 0.618.